The maximum atomic E-state index is 12.0. The van der Waals surface area contributed by atoms with Crippen LogP contribution in [0.4, 0.5) is 5.69 Å². The fourth-order valence-corrected chi connectivity index (χ4v) is 2.17. The number of carboxylic acids is 1. The number of hydrogen-bond donors (Lipinski definition) is 2. The average molecular weight is 320 g/mol. The summed E-state index contributed by atoms with van der Waals surface area (Å²) in [5, 5.41) is 11.7. The van der Waals surface area contributed by atoms with Crippen LogP contribution >= 0.6 is 15.9 Å². The molecule has 0 unspecified atom stereocenters. The molecule has 0 aromatic heterocycles. The van der Waals surface area contributed by atoms with E-state index in [-0.39, 0.29) is 17.2 Å². The molecule has 2 aromatic rings. The summed E-state index contributed by atoms with van der Waals surface area (Å²) in [5.74, 6) is -1.45. The van der Waals surface area contributed by atoms with Gasteiger partial charge in [0.2, 0.25) is 0 Å². The Balaban J connectivity index is 2.32. The Morgan fingerprint density at radius 2 is 1.68 bits per heavy atom. The smallest absolute Gasteiger partial charge is 0.338 e. The van der Waals surface area contributed by atoms with Gasteiger partial charge in [-0.15, -0.1) is 0 Å². The van der Waals surface area contributed by atoms with E-state index in [2.05, 4.69) is 21.2 Å². The van der Waals surface area contributed by atoms with Gasteiger partial charge in [0.1, 0.15) is 0 Å². The number of carbonyl (C=O) groups is 2. The van der Waals surface area contributed by atoms with E-state index in [4.69, 9.17) is 5.11 Å². The molecular weight excluding hydrogens is 310 g/mol. The number of rotatable bonds is 3. The highest BCUT2D eigenvalue weighted by Crippen LogP contribution is 2.25. The summed E-state index contributed by atoms with van der Waals surface area (Å²) in [6, 6.07) is 13.4. The second kappa shape index (κ2) is 5.67. The Bertz CT molecular complexity index is 626. The highest BCUT2D eigenvalue weighted by molar-refractivity contribution is 9.10. The van der Waals surface area contributed by atoms with E-state index < -0.39 is 5.97 Å². The molecule has 5 heteroatoms. The molecule has 1 amide bonds. The standard InChI is InChI=1S/C14H10BrNO3/c15-10-7-4-8-11(12(10)14(18)19)16-13(17)9-5-2-1-3-6-9/h1-8H,(H,16,17)(H,18,19). The molecule has 0 saturated carbocycles. The molecule has 0 fully saturated rings. The van der Waals surface area contributed by atoms with Crippen LogP contribution < -0.4 is 5.32 Å². The Morgan fingerprint density at radius 1 is 1.00 bits per heavy atom. The van der Waals surface area contributed by atoms with E-state index >= 15 is 0 Å². The molecule has 2 rings (SSSR count). The van der Waals surface area contributed by atoms with Crippen LogP contribution in [0.3, 0.4) is 0 Å². The molecule has 0 aliphatic carbocycles. The van der Waals surface area contributed by atoms with Crippen molar-refractivity contribution in [1.29, 1.82) is 0 Å². The Kier molecular flexibility index (Phi) is 3.97. The quantitative estimate of drug-likeness (QED) is 0.911. The van der Waals surface area contributed by atoms with E-state index in [1.807, 2.05) is 0 Å². The zero-order valence-electron chi connectivity index (χ0n) is 9.76. The lowest BCUT2D eigenvalue weighted by atomic mass is 10.1. The Hall–Kier alpha value is -2.14. The highest BCUT2D eigenvalue weighted by atomic mass is 79.9. The van der Waals surface area contributed by atoms with Crippen molar-refractivity contribution in [3.8, 4) is 0 Å². The molecule has 0 bridgehead atoms. The first-order valence-corrected chi connectivity index (χ1v) is 6.27. The molecule has 0 atom stereocenters. The molecule has 0 saturated heterocycles. The van der Waals surface area contributed by atoms with E-state index in [1.54, 1.807) is 48.5 Å². The number of amides is 1. The number of hydrogen-bond acceptors (Lipinski definition) is 2. The third-order valence-corrected chi connectivity index (χ3v) is 3.17. The van der Waals surface area contributed by atoms with Crippen LogP contribution in [0.15, 0.2) is 53.0 Å². The number of anilines is 1. The summed E-state index contributed by atoms with van der Waals surface area (Å²) in [6.45, 7) is 0. The fraction of sp³-hybridized carbons (Fsp3) is 0. The number of carboxylic acid groups (broad SMARTS) is 1. The topological polar surface area (TPSA) is 66.4 Å². The minimum Gasteiger partial charge on any atom is -0.478 e. The van der Waals surface area contributed by atoms with E-state index in [9.17, 15) is 9.59 Å². The van der Waals surface area contributed by atoms with Crippen LogP contribution in [-0.2, 0) is 0 Å². The van der Waals surface area contributed by atoms with Crippen molar-refractivity contribution in [2.24, 2.45) is 0 Å². The molecule has 19 heavy (non-hydrogen) atoms. The highest BCUT2D eigenvalue weighted by Gasteiger charge is 2.16. The van der Waals surface area contributed by atoms with Crippen LogP contribution in [-0.4, -0.2) is 17.0 Å². The number of carbonyl (C=O) groups excluding carboxylic acids is 1. The Labute approximate surface area is 118 Å². The lowest BCUT2D eigenvalue weighted by molar-refractivity contribution is 0.0697. The molecular formula is C14H10BrNO3. The van der Waals surface area contributed by atoms with E-state index in [0.717, 1.165) is 0 Å². The minimum absolute atomic E-state index is 0.0341. The van der Waals surface area contributed by atoms with Crippen LogP contribution in [0.5, 0.6) is 0 Å². The van der Waals surface area contributed by atoms with Gasteiger partial charge in [0.15, 0.2) is 0 Å². The van der Waals surface area contributed by atoms with E-state index in [0.29, 0.717) is 10.0 Å². The zero-order chi connectivity index (χ0) is 13.8. The number of nitrogens with one attached hydrogen (secondary N) is 1. The predicted octanol–water partition coefficient (Wildman–Crippen LogP) is 3.40. The van der Waals surface area contributed by atoms with Gasteiger partial charge in [0.05, 0.1) is 11.3 Å². The van der Waals surface area contributed by atoms with Gasteiger partial charge in [-0.25, -0.2) is 4.79 Å². The fourth-order valence-electron chi connectivity index (χ4n) is 1.63. The molecule has 96 valence electrons. The molecule has 0 radical (unpaired) electrons. The second-order valence-electron chi connectivity index (χ2n) is 3.79. The minimum atomic E-state index is -1.10. The largest absolute Gasteiger partial charge is 0.478 e. The van der Waals surface area contributed by atoms with Gasteiger partial charge in [-0.2, -0.15) is 0 Å². The van der Waals surface area contributed by atoms with Crippen molar-refractivity contribution in [2.75, 3.05) is 5.32 Å². The van der Waals surface area contributed by atoms with Gasteiger partial charge < -0.3 is 10.4 Å². The van der Waals surface area contributed by atoms with Gasteiger partial charge in [-0.3, -0.25) is 4.79 Å². The lowest BCUT2D eigenvalue weighted by Crippen LogP contribution is -2.15. The van der Waals surface area contributed by atoms with Crippen molar-refractivity contribution in [3.63, 3.8) is 0 Å². The molecule has 4 nitrogen and oxygen atoms in total. The number of aromatic carboxylic acids is 1. The second-order valence-corrected chi connectivity index (χ2v) is 4.64. The van der Waals surface area contributed by atoms with Gasteiger partial charge in [0, 0.05) is 10.0 Å². The van der Waals surface area contributed by atoms with Gasteiger partial charge >= 0.3 is 5.97 Å². The van der Waals surface area contributed by atoms with Crippen LogP contribution in [0, 0.1) is 0 Å². The van der Waals surface area contributed by atoms with Crippen LogP contribution in [0.2, 0.25) is 0 Å². The first-order valence-electron chi connectivity index (χ1n) is 5.48. The summed E-state index contributed by atoms with van der Waals surface area (Å²) < 4.78 is 0.422. The average Bonchev–Trinajstić information content (AvgIpc) is 2.39. The summed E-state index contributed by atoms with van der Waals surface area (Å²) in [7, 11) is 0. The van der Waals surface area contributed by atoms with Crippen LogP contribution in [0.1, 0.15) is 20.7 Å². The first kappa shape index (κ1) is 13.3. The predicted molar refractivity (Wildman–Crippen MR) is 75.5 cm³/mol. The molecule has 0 aliphatic heterocycles. The van der Waals surface area contributed by atoms with Crippen molar-refractivity contribution in [2.45, 2.75) is 0 Å². The zero-order valence-corrected chi connectivity index (χ0v) is 11.3. The maximum Gasteiger partial charge on any atom is 0.338 e. The van der Waals surface area contributed by atoms with Crippen molar-refractivity contribution < 1.29 is 14.7 Å². The van der Waals surface area contributed by atoms with Gasteiger partial charge in [-0.05, 0) is 40.2 Å². The summed E-state index contributed by atoms with van der Waals surface area (Å²) in [5.41, 5.74) is 0.765. The molecule has 0 aliphatic rings. The number of benzene rings is 2. The summed E-state index contributed by atoms with van der Waals surface area (Å²) in [4.78, 5) is 23.2. The third kappa shape index (κ3) is 3.00. The summed E-state index contributed by atoms with van der Waals surface area (Å²) in [6.07, 6.45) is 0. The molecule has 2 N–H and O–H groups in total. The number of halogens is 1. The maximum absolute atomic E-state index is 12.0. The third-order valence-electron chi connectivity index (χ3n) is 2.51. The molecule has 0 spiro atoms. The normalized spacial score (nSPS) is 9.95. The lowest BCUT2D eigenvalue weighted by Gasteiger charge is -2.09. The van der Waals surface area contributed by atoms with Crippen molar-refractivity contribution in [3.05, 3.63) is 64.1 Å². The van der Waals surface area contributed by atoms with Crippen LogP contribution in [0.25, 0.3) is 0 Å². The summed E-state index contributed by atoms with van der Waals surface area (Å²) >= 11 is 3.16. The van der Waals surface area contributed by atoms with Gasteiger partial charge in [-0.1, -0.05) is 24.3 Å². The molecule has 2 aromatic carbocycles. The Morgan fingerprint density at radius 3 is 2.32 bits per heavy atom. The van der Waals surface area contributed by atoms with Gasteiger partial charge in [0.25, 0.3) is 5.91 Å². The van der Waals surface area contributed by atoms with Crippen molar-refractivity contribution >= 4 is 33.5 Å². The first-order chi connectivity index (χ1) is 9.09. The molecule has 0 heterocycles. The SMILES string of the molecule is O=C(Nc1cccc(Br)c1C(=O)O)c1ccccc1. The van der Waals surface area contributed by atoms with Crippen molar-refractivity contribution in [1.82, 2.24) is 0 Å². The van der Waals surface area contributed by atoms with E-state index in [1.165, 1.54) is 0 Å². The monoisotopic (exact) mass is 319 g/mol.